The molecule has 0 unspecified atom stereocenters. The maximum atomic E-state index is 13.0. The number of aryl methyl sites for hydroxylation is 2. The van der Waals surface area contributed by atoms with Crippen LogP contribution in [0.5, 0.6) is 0 Å². The van der Waals surface area contributed by atoms with Gasteiger partial charge in [-0.2, -0.15) is 5.10 Å². The first-order valence-corrected chi connectivity index (χ1v) is 9.90. The zero-order chi connectivity index (χ0) is 21.0. The van der Waals surface area contributed by atoms with E-state index in [0.717, 1.165) is 17.7 Å². The molecule has 1 aromatic carbocycles. The molecule has 0 saturated heterocycles. The lowest BCUT2D eigenvalue weighted by Crippen LogP contribution is -2.43. The summed E-state index contributed by atoms with van der Waals surface area (Å²) < 4.78 is 5.57. The number of rotatable bonds is 6. The van der Waals surface area contributed by atoms with Crippen LogP contribution in [0.2, 0.25) is 0 Å². The molecule has 1 aliphatic rings. The molecule has 0 aliphatic carbocycles. The lowest BCUT2D eigenvalue weighted by atomic mass is 9.99. The standard InChI is InChI=1S/C22H28N4O3/c1-5-10-23-22(28)25(4)14-21(27)26-19(20-7-6-11-29-20)13-18(24-26)17-9-8-15(2)16(3)12-17/h6-9,11-12,19H,5,10,13-14H2,1-4H3,(H,23,28)/t19-/m1/s1. The van der Waals surface area contributed by atoms with E-state index in [0.29, 0.717) is 18.7 Å². The highest BCUT2D eigenvalue weighted by atomic mass is 16.3. The van der Waals surface area contributed by atoms with Crippen molar-refractivity contribution >= 4 is 17.6 Å². The van der Waals surface area contributed by atoms with Crippen molar-refractivity contribution in [1.29, 1.82) is 0 Å². The average molecular weight is 396 g/mol. The number of carbonyl (C=O) groups is 2. The van der Waals surface area contributed by atoms with Gasteiger partial charge in [0.05, 0.1) is 12.0 Å². The zero-order valence-corrected chi connectivity index (χ0v) is 17.4. The molecule has 0 saturated carbocycles. The van der Waals surface area contributed by atoms with E-state index >= 15 is 0 Å². The summed E-state index contributed by atoms with van der Waals surface area (Å²) in [6.45, 7) is 6.62. The monoisotopic (exact) mass is 396 g/mol. The van der Waals surface area contributed by atoms with Crippen LogP contribution in [0.4, 0.5) is 4.79 Å². The Morgan fingerprint density at radius 2 is 2.07 bits per heavy atom. The fraction of sp³-hybridized carbons (Fsp3) is 0.409. The fourth-order valence-electron chi connectivity index (χ4n) is 3.25. The number of nitrogens with one attached hydrogen (secondary N) is 1. The van der Waals surface area contributed by atoms with Crippen molar-refractivity contribution in [2.45, 2.75) is 39.7 Å². The quantitative estimate of drug-likeness (QED) is 0.810. The molecular weight excluding hydrogens is 368 g/mol. The Morgan fingerprint density at radius 1 is 1.28 bits per heavy atom. The summed E-state index contributed by atoms with van der Waals surface area (Å²) in [5.74, 6) is 0.429. The molecule has 29 heavy (non-hydrogen) atoms. The van der Waals surface area contributed by atoms with Crippen molar-refractivity contribution < 1.29 is 14.0 Å². The van der Waals surface area contributed by atoms with E-state index in [1.165, 1.54) is 21.0 Å². The molecule has 0 fully saturated rings. The normalized spacial score (nSPS) is 15.9. The third kappa shape index (κ3) is 4.67. The summed E-state index contributed by atoms with van der Waals surface area (Å²) >= 11 is 0. The minimum Gasteiger partial charge on any atom is -0.467 e. The Labute approximate surface area is 171 Å². The van der Waals surface area contributed by atoms with Gasteiger partial charge in [0.25, 0.3) is 5.91 Å². The highest BCUT2D eigenvalue weighted by Gasteiger charge is 2.35. The van der Waals surface area contributed by atoms with Crippen LogP contribution in [0.1, 0.15) is 48.3 Å². The van der Waals surface area contributed by atoms with Crippen LogP contribution in [-0.4, -0.2) is 47.7 Å². The minimum atomic E-state index is -0.318. The van der Waals surface area contributed by atoms with Crippen LogP contribution in [0.15, 0.2) is 46.1 Å². The zero-order valence-electron chi connectivity index (χ0n) is 17.4. The van der Waals surface area contributed by atoms with Crippen molar-refractivity contribution in [3.63, 3.8) is 0 Å². The number of amides is 3. The number of hydrazone groups is 1. The van der Waals surface area contributed by atoms with Crippen LogP contribution in [0, 0.1) is 13.8 Å². The van der Waals surface area contributed by atoms with Crippen molar-refractivity contribution in [3.8, 4) is 0 Å². The first-order chi connectivity index (χ1) is 13.9. The Kier molecular flexibility index (Phi) is 6.36. The van der Waals surface area contributed by atoms with Gasteiger partial charge in [-0.1, -0.05) is 19.1 Å². The number of urea groups is 1. The fourth-order valence-corrected chi connectivity index (χ4v) is 3.25. The average Bonchev–Trinajstić information content (AvgIpc) is 3.37. The van der Waals surface area contributed by atoms with Gasteiger partial charge < -0.3 is 14.6 Å². The molecule has 0 spiro atoms. The van der Waals surface area contributed by atoms with Crippen molar-refractivity contribution in [2.24, 2.45) is 5.10 Å². The van der Waals surface area contributed by atoms with E-state index in [1.54, 1.807) is 19.4 Å². The number of hydrogen-bond acceptors (Lipinski definition) is 4. The van der Waals surface area contributed by atoms with Crippen molar-refractivity contribution in [3.05, 3.63) is 59.0 Å². The second-order valence-corrected chi connectivity index (χ2v) is 7.41. The van der Waals surface area contributed by atoms with Gasteiger partial charge in [0, 0.05) is 20.0 Å². The summed E-state index contributed by atoms with van der Waals surface area (Å²) in [6.07, 6.45) is 2.99. The SMILES string of the molecule is CCCNC(=O)N(C)CC(=O)N1N=C(c2ccc(C)c(C)c2)C[C@@H]1c1ccco1. The Hall–Kier alpha value is -3.09. The summed E-state index contributed by atoms with van der Waals surface area (Å²) in [5, 5.41) is 8.85. The third-order valence-electron chi connectivity index (χ3n) is 5.12. The summed E-state index contributed by atoms with van der Waals surface area (Å²) in [7, 11) is 1.61. The Balaban J connectivity index is 1.82. The number of hydrogen-bond donors (Lipinski definition) is 1. The van der Waals surface area contributed by atoms with Gasteiger partial charge in [-0.3, -0.25) is 4.79 Å². The first kappa shape index (κ1) is 20.6. The smallest absolute Gasteiger partial charge is 0.317 e. The van der Waals surface area contributed by atoms with Gasteiger partial charge >= 0.3 is 6.03 Å². The van der Waals surface area contributed by atoms with Gasteiger partial charge in [0.1, 0.15) is 18.3 Å². The van der Waals surface area contributed by atoms with E-state index in [2.05, 4.69) is 36.4 Å². The molecule has 7 heteroatoms. The number of benzene rings is 1. The molecule has 1 atom stereocenters. The predicted octanol–water partition coefficient (Wildman–Crippen LogP) is 3.63. The van der Waals surface area contributed by atoms with Crippen molar-refractivity contribution in [2.75, 3.05) is 20.1 Å². The van der Waals surface area contributed by atoms with Crippen LogP contribution in [0.3, 0.4) is 0 Å². The summed E-state index contributed by atoms with van der Waals surface area (Å²) in [6, 6.07) is 9.24. The summed E-state index contributed by atoms with van der Waals surface area (Å²) in [4.78, 5) is 26.5. The molecule has 1 aromatic heterocycles. The van der Waals surface area contributed by atoms with Crippen LogP contribution in [0.25, 0.3) is 0 Å². The largest absolute Gasteiger partial charge is 0.467 e. The van der Waals surface area contributed by atoms with Gasteiger partial charge in [-0.05, 0) is 55.2 Å². The van der Waals surface area contributed by atoms with Crippen LogP contribution >= 0.6 is 0 Å². The van der Waals surface area contributed by atoms with Crippen LogP contribution in [-0.2, 0) is 4.79 Å². The van der Waals surface area contributed by atoms with Crippen LogP contribution < -0.4 is 5.32 Å². The van der Waals surface area contributed by atoms with Crippen molar-refractivity contribution in [1.82, 2.24) is 15.2 Å². The predicted molar refractivity (Wildman–Crippen MR) is 112 cm³/mol. The number of carbonyl (C=O) groups excluding carboxylic acids is 2. The number of likely N-dealkylation sites (N-methyl/N-ethyl adjacent to an activating group) is 1. The van der Waals surface area contributed by atoms with E-state index in [4.69, 9.17) is 4.42 Å². The second kappa shape index (κ2) is 8.94. The van der Waals surface area contributed by atoms with Gasteiger partial charge in [0.15, 0.2) is 0 Å². The lowest BCUT2D eigenvalue weighted by molar-refractivity contribution is -0.133. The highest BCUT2D eigenvalue weighted by Crippen LogP contribution is 2.33. The van der Waals surface area contributed by atoms with E-state index in [1.807, 2.05) is 19.1 Å². The van der Waals surface area contributed by atoms with E-state index in [-0.39, 0.29) is 24.5 Å². The molecule has 2 heterocycles. The topological polar surface area (TPSA) is 78.2 Å². The maximum Gasteiger partial charge on any atom is 0.317 e. The molecule has 154 valence electrons. The van der Waals surface area contributed by atoms with Gasteiger partial charge in [0.2, 0.25) is 0 Å². The molecular formula is C22H28N4O3. The number of furan rings is 1. The molecule has 3 rings (SSSR count). The Bertz CT molecular complexity index is 905. The summed E-state index contributed by atoms with van der Waals surface area (Å²) in [5.41, 5.74) is 4.22. The molecule has 7 nitrogen and oxygen atoms in total. The van der Waals surface area contributed by atoms with E-state index in [9.17, 15) is 9.59 Å². The molecule has 1 aliphatic heterocycles. The first-order valence-electron chi connectivity index (χ1n) is 9.90. The second-order valence-electron chi connectivity index (χ2n) is 7.41. The van der Waals surface area contributed by atoms with E-state index < -0.39 is 0 Å². The number of nitrogens with zero attached hydrogens (tertiary/aromatic N) is 3. The maximum absolute atomic E-state index is 13.0. The Morgan fingerprint density at radius 3 is 2.72 bits per heavy atom. The minimum absolute atomic E-state index is 0.0591. The third-order valence-corrected chi connectivity index (χ3v) is 5.12. The molecule has 0 radical (unpaired) electrons. The molecule has 3 amide bonds. The molecule has 2 aromatic rings. The lowest BCUT2D eigenvalue weighted by Gasteiger charge is -2.23. The van der Waals surface area contributed by atoms with Gasteiger partial charge in [-0.25, -0.2) is 9.80 Å². The van der Waals surface area contributed by atoms with Gasteiger partial charge in [-0.15, -0.1) is 0 Å². The molecule has 0 bridgehead atoms. The highest BCUT2D eigenvalue weighted by molar-refractivity contribution is 6.03. The molecule has 1 N–H and O–H groups in total.